The number of hydrogen-bond donors (Lipinski definition) is 1. The summed E-state index contributed by atoms with van der Waals surface area (Å²) in [6.45, 7) is 2.95. The molecule has 1 atom stereocenters. The predicted octanol–water partition coefficient (Wildman–Crippen LogP) is 4.11. The maximum absolute atomic E-state index is 12.2. The largest absolute Gasteiger partial charge is 0.309 e. The second-order valence-corrected chi connectivity index (χ2v) is 6.25. The Morgan fingerprint density at radius 3 is 2.23 bits per heavy atom. The van der Waals surface area contributed by atoms with Gasteiger partial charge in [-0.25, -0.2) is 5.43 Å². The fraction of sp³-hybridized carbons (Fsp3) is 0.238. The lowest BCUT2D eigenvalue weighted by atomic mass is 10.0. The molecular weight excluding hydrogens is 346 g/mol. The molecule has 26 heavy (non-hydrogen) atoms. The van der Waals surface area contributed by atoms with E-state index in [9.17, 15) is 4.79 Å². The van der Waals surface area contributed by atoms with E-state index in [1.165, 1.54) is 0 Å². The van der Waals surface area contributed by atoms with Crippen LogP contribution in [0.25, 0.3) is 6.08 Å². The van der Waals surface area contributed by atoms with Crippen molar-refractivity contribution in [2.24, 2.45) is 11.0 Å². The van der Waals surface area contributed by atoms with Gasteiger partial charge in [0.1, 0.15) is 0 Å². The molecule has 0 aliphatic rings. The summed E-state index contributed by atoms with van der Waals surface area (Å²) in [6.07, 6.45) is 3.98. The standard InChI is InChI=1S/C21H25N3O.ClH/c1-17(16-24(2)3)20(15-14-18-10-6-4-7-11-18)22-23-21(25)19-12-8-5-9-13-19;/h4-15,17H,16H2,1-3H3,(H,23,25);1H/b15-14+,22-20-;. The summed E-state index contributed by atoms with van der Waals surface area (Å²) in [5.41, 5.74) is 5.20. The van der Waals surface area contributed by atoms with Gasteiger partial charge in [-0.1, -0.05) is 61.5 Å². The van der Waals surface area contributed by atoms with Crippen molar-refractivity contribution in [2.45, 2.75) is 6.92 Å². The van der Waals surface area contributed by atoms with E-state index in [-0.39, 0.29) is 24.2 Å². The lowest BCUT2D eigenvalue weighted by Gasteiger charge is -2.17. The summed E-state index contributed by atoms with van der Waals surface area (Å²) in [4.78, 5) is 14.3. The molecule has 0 saturated heterocycles. The van der Waals surface area contributed by atoms with E-state index >= 15 is 0 Å². The number of allylic oxidation sites excluding steroid dienone is 1. The molecule has 2 aromatic carbocycles. The Labute approximate surface area is 162 Å². The van der Waals surface area contributed by atoms with Gasteiger partial charge >= 0.3 is 0 Å². The third-order valence-electron chi connectivity index (χ3n) is 3.71. The Bertz CT molecular complexity index is 727. The molecule has 0 heterocycles. The normalized spacial score (nSPS) is 12.7. The number of carbonyl (C=O) groups excluding carboxylic acids is 1. The minimum Gasteiger partial charge on any atom is -0.309 e. The zero-order valence-corrected chi connectivity index (χ0v) is 16.2. The van der Waals surface area contributed by atoms with E-state index < -0.39 is 0 Å². The fourth-order valence-corrected chi connectivity index (χ4v) is 2.47. The highest BCUT2D eigenvalue weighted by Gasteiger charge is 2.11. The first-order chi connectivity index (χ1) is 12.1. The molecule has 1 unspecified atom stereocenters. The van der Waals surface area contributed by atoms with E-state index in [0.29, 0.717) is 5.56 Å². The first-order valence-electron chi connectivity index (χ1n) is 8.37. The molecule has 0 aromatic heterocycles. The fourth-order valence-electron chi connectivity index (χ4n) is 2.47. The van der Waals surface area contributed by atoms with Crippen molar-refractivity contribution in [2.75, 3.05) is 20.6 Å². The van der Waals surface area contributed by atoms with Crippen molar-refractivity contribution < 1.29 is 4.79 Å². The monoisotopic (exact) mass is 371 g/mol. The molecule has 138 valence electrons. The summed E-state index contributed by atoms with van der Waals surface area (Å²) in [5, 5.41) is 4.37. The predicted molar refractivity (Wildman–Crippen MR) is 112 cm³/mol. The number of carbonyl (C=O) groups is 1. The van der Waals surface area contributed by atoms with Gasteiger partial charge in [-0.15, -0.1) is 12.4 Å². The third-order valence-corrected chi connectivity index (χ3v) is 3.71. The van der Waals surface area contributed by atoms with Gasteiger partial charge in [0.15, 0.2) is 0 Å². The Hall–Kier alpha value is -2.43. The van der Waals surface area contributed by atoms with Crippen LogP contribution in [-0.4, -0.2) is 37.2 Å². The molecule has 0 saturated carbocycles. The Balaban J connectivity index is 0.00000338. The number of nitrogens with zero attached hydrogens (tertiary/aromatic N) is 2. The average molecular weight is 372 g/mol. The van der Waals surface area contributed by atoms with Crippen LogP contribution in [0.5, 0.6) is 0 Å². The van der Waals surface area contributed by atoms with Crippen molar-refractivity contribution in [1.82, 2.24) is 10.3 Å². The number of halogens is 1. The molecule has 0 aliphatic heterocycles. The average Bonchev–Trinajstić information content (AvgIpc) is 2.62. The van der Waals surface area contributed by atoms with Gasteiger partial charge in [0.05, 0.1) is 5.71 Å². The van der Waals surface area contributed by atoms with Gasteiger partial charge in [-0.05, 0) is 37.9 Å². The second kappa shape index (κ2) is 11.2. The van der Waals surface area contributed by atoms with Gasteiger partial charge in [-0.3, -0.25) is 4.79 Å². The molecule has 0 bridgehead atoms. The van der Waals surface area contributed by atoms with Crippen LogP contribution in [0.15, 0.2) is 71.8 Å². The Kier molecular flexibility index (Phi) is 9.34. The van der Waals surface area contributed by atoms with E-state index in [2.05, 4.69) is 22.4 Å². The Morgan fingerprint density at radius 2 is 1.65 bits per heavy atom. The lowest BCUT2D eigenvalue weighted by molar-refractivity contribution is 0.0954. The van der Waals surface area contributed by atoms with Crippen LogP contribution >= 0.6 is 12.4 Å². The third kappa shape index (κ3) is 7.21. The maximum Gasteiger partial charge on any atom is 0.271 e. The molecule has 1 amide bonds. The second-order valence-electron chi connectivity index (χ2n) is 6.25. The van der Waals surface area contributed by atoms with Gasteiger partial charge in [-0.2, -0.15) is 5.10 Å². The summed E-state index contributed by atoms with van der Waals surface area (Å²) in [7, 11) is 4.05. The molecule has 1 N–H and O–H groups in total. The molecule has 0 radical (unpaired) electrons. The maximum atomic E-state index is 12.2. The van der Waals surface area contributed by atoms with Crippen molar-refractivity contribution in [3.63, 3.8) is 0 Å². The van der Waals surface area contributed by atoms with E-state index in [1.807, 2.05) is 74.8 Å². The summed E-state index contributed by atoms with van der Waals surface area (Å²) in [5.74, 6) is -0.0192. The summed E-state index contributed by atoms with van der Waals surface area (Å²) < 4.78 is 0. The van der Waals surface area contributed by atoms with Crippen LogP contribution in [0.1, 0.15) is 22.8 Å². The zero-order chi connectivity index (χ0) is 18.1. The number of rotatable bonds is 7. The van der Waals surface area contributed by atoms with Crippen molar-refractivity contribution in [3.05, 3.63) is 77.9 Å². The molecule has 4 nitrogen and oxygen atoms in total. The van der Waals surface area contributed by atoms with Gasteiger partial charge in [0.25, 0.3) is 5.91 Å². The van der Waals surface area contributed by atoms with Gasteiger partial charge < -0.3 is 4.90 Å². The number of amides is 1. The first-order valence-corrected chi connectivity index (χ1v) is 8.37. The van der Waals surface area contributed by atoms with E-state index in [1.54, 1.807) is 12.1 Å². The van der Waals surface area contributed by atoms with Crippen LogP contribution in [0, 0.1) is 5.92 Å². The quantitative estimate of drug-likeness (QED) is 0.588. The molecule has 5 heteroatoms. The van der Waals surface area contributed by atoms with Crippen molar-refractivity contribution in [1.29, 1.82) is 0 Å². The van der Waals surface area contributed by atoms with Crippen LogP contribution in [0.2, 0.25) is 0 Å². The smallest absolute Gasteiger partial charge is 0.271 e. The van der Waals surface area contributed by atoms with Crippen LogP contribution in [0.3, 0.4) is 0 Å². The van der Waals surface area contributed by atoms with Gasteiger partial charge in [0, 0.05) is 18.0 Å². The summed E-state index contributed by atoms with van der Waals surface area (Å²) >= 11 is 0. The van der Waals surface area contributed by atoms with Gasteiger partial charge in [0.2, 0.25) is 0 Å². The minimum absolute atomic E-state index is 0. The molecule has 0 aliphatic carbocycles. The topological polar surface area (TPSA) is 44.7 Å². The molecule has 0 spiro atoms. The van der Waals surface area contributed by atoms with Crippen molar-refractivity contribution >= 4 is 30.1 Å². The first kappa shape index (κ1) is 21.6. The van der Waals surface area contributed by atoms with E-state index in [0.717, 1.165) is 17.8 Å². The molecule has 2 aromatic rings. The van der Waals surface area contributed by atoms with Crippen LogP contribution in [0.4, 0.5) is 0 Å². The number of hydrazone groups is 1. The Morgan fingerprint density at radius 1 is 1.08 bits per heavy atom. The molecule has 0 fully saturated rings. The van der Waals surface area contributed by atoms with E-state index in [4.69, 9.17) is 0 Å². The number of hydrogen-bond acceptors (Lipinski definition) is 3. The zero-order valence-electron chi connectivity index (χ0n) is 15.4. The van der Waals surface area contributed by atoms with Crippen LogP contribution in [-0.2, 0) is 0 Å². The highest BCUT2D eigenvalue weighted by atomic mass is 35.5. The SMILES string of the molecule is CC(CN(C)C)C(/C=C/c1ccccc1)=N\NC(=O)c1ccccc1.Cl. The minimum atomic E-state index is -0.205. The summed E-state index contributed by atoms with van der Waals surface area (Å²) in [6, 6.07) is 19.1. The highest BCUT2D eigenvalue weighted by Crippen LogP contribution is 2.07. The number of benzene rings is 2. The number of nitrogens with one attached hydrogen (secondary N) is 1. The highest BCUT2D eigenvalue weighted by molar-refractivity contribution is 6.01. The lowest BCUT2D eigenvalue weighted by Crippen LogP contribution is -2.27. The molecular formula is C21H26ClN3O. The van der Waals surface area contributed by atoms with Crippen LogP contribution < -0.4 is 5.43 Å². The molecule has 2 rings (SSSR count). The van der Waals surface area contributed by atoms with Crippen molar-refractivity contribution in [3.8, 4) is 0 Å².